The van der Waals surface area contributed by atoms with Crippen LogP contribution in [0, 0.1) is 13.8 Å². The van der Waals surface area contributed by atoms with E-state index in [4.69, 9.17) is 4.98 Å². The van der Waals surface area contributed by atoms with E-state index in [1.54, 1.807) is 66.7 Å². The van der Waals surface area contributed by atoms with Crippen LogP contribution in [-0.2, 0) is 20.0 Å². The molecule has 0 spiro atoms. The molecule has 0 aliphatic carbocycles. The highest BCUT2D eigenvalue weighted by Crippen LogP contribution is 2.30. The smallest absolute Gasteiger partial charge is 0.264 e. The fourth-order valence-electron chi connectivity index (χ4n) is 4.87. The molecular formula is C33H35N3O4S2. The summed E-state index contributed by atoms with van der Waals surface area (Å²) in [6.07, 6.45) is 3.78. The Labute approximate surface area is 248 Å². The number of nitrogens with zero attached hydrogens (tertiary/aromatic N) is 2. The van der Waals surface area contributed by atoms with Gasteiger partial charge in [-0.2, -0.15) is 0 Å². The van der Waals surface area contributed by atoms with Crippen molar-refractivity contribution in [2.45, 2.75) is 56.2 Å². The number of nitrogens with one attached hydrogen (secondary N) is 1. The van der Waals surface area contributed by atoms with Crippen molar-refractivity contribution in [3.05, 3.63) is 102 Å². The van der Waals surface area contributed by atoms with Gasteiger partial charge in [-0.3, -0.25) is 9.03 Å². The van der Waals surface area contributed by atoms with Gasteiger partial charge in [0.1, 0.15) is 0 Å². The zero-order valence-corrected chi connectivity index (χ0v) is 25.7. The lowest BCUT2D eigenvalue weighted by Gasteiger charge is -2.25. The number of sulfonamides is 2. The fourth-order valence-corrected chi connectivity index (χ4v) is 7.41. The molecule has 9 heteroatoms. The van der Waals surface area contributed by atoms with Gasteiger partial charge in [0.2, 0.25) is 0 Å². The molecule has 0 saturated carbocycles. The van der Waals surface area contributed by atoms with Crippen LogP contribution in [0.15, 0.2) is 101 Å². The van der Waals surface area contributed by atoms with Gasteiger partial charge in [0.05, 0.1) is 32.2 Å². The Hall–Kier alpha value is -3.95. The Bertz CT molecular complexity index is 1940. The molecule has 0 atom stereocenters. The number of anilines is 2. The average molecular weight is 602 g/mol. The maximum atomic E-state index is 13.8. The molecule has 0 radical (unpaired) electrons. The molecule has 0 amide bonds. The minimum Gasteiger partial charge on any atom is -0.280 e. The molecular weight excluding hydrogens is 567 g/mol. The molecule has 218 valence electrons. The van der Waals surface area contributed by atoms with Crippen molar-refractivity contribution in [2.75, 3.05) is 15.6 Å². The minimum atomic E-state index is -3.80. The summed E-state index contributed by atoms with van der Waals surface area (Å²) in [7, 11) is -7.57. The van der Waals surface area contributed by atoms with Gasteiger partial charge in [0.15, 0.2) is 0 Å². The van der Waals surface area contributed by atoms with Crippen LogP contribution in [0.25, 0.3) is 21.8 Å². The third-order valence-corrected chi connectivity index (χ3v) is 10.5. The quantitative estimate of drug-likeness (QED) is 0.124. The second kappa shape index (κ2) is 12.1. The van der Waals surface area contributed by atoms with Crippen molar-refractivity contribution in [3.63, 3.8) is 0 Å². The van der Waals surface area contributed by atoms with Gasteiger partial charge in [-0.15, -0.1) is 0 Å². The maximum absolute atomic E-state index is 13.8. The highest BCUT2D eigenvalue weighted by atomic mass is 32.2. The molecule has 0 fully saturated rings. The van der Waals surface area contributed by atoms with Gasteiger partial charge < -0.3 is 0 Å². The average Bonchev–Trinajstić information content (AvgIpc) is 2.96. The van der Waals surface area contributed by atoms with Crippen LogP contribution in [0.3, 0.4) is 0 Å². The van der Waals surface area contributed by atoms with Gasteiger partial charge in [0.25, 0.3) is 20.0 Å². The molecule has 5 aromatic rings. The van der Waals surface area contributed by atoms with Crippen LogP contribution in [0.1, 0.15) is 43.7 Å². The number of hydrogen-bond acceptors (Lipinski definition) is 5. The fraction of sp³-hybridized carbons (Fsp3) is 0.242. The predicted molar refractivity (Wildman–Crippen MR) is 171 cm³/mol. The van der Waals surface area contributed by atoms with Crippen molar-refractivity contribution in [1.29, 1.82) is 0 Å². The van der Waals surface area contributed by atoms with E-state index >= 15 is 0 Å². The number of unbranched alkanes of at least 4 members (excludes halogenated alkanes) is 3. The summed E-state index contributed by atoms with van der Waals surface area (Å²) in [5.41, 5.74) is 4.12. The summed E-state index contributed by atoms with van der Waals surface area (Å²) in [6, 6.07) is 26.3. The van der Waals surface area contributed by atoms with E-state index in [0.717, 1.165) is 47.6 Å². The molecule has 1 aromatic heterocycles. The summed E-state index contributed by atoms with van der Waals surface area (Å²) in [5.74, 6) is 0. The molecule has 0 aliphatic rings. The molecule has 1 heterocycles. The monoisotopic (exact) mass is 601 g/mol. The minimum absolute atomic E-state index is 0.179. The lowest BCUT2D eigenvalue weighted by molar-refractivity contribution is 0.585. The number of rotatable bonds is 11. The number of fused-ring (bicyclic) bond motifs is 2. The normalized spacial score (nSPS) is 12.1. The second-order valence-corrected chi connectivity index (χ2v) is 14.2. The summed E-state index contributed by atoms with van der Waals surface area (Å²) >= 11 is 0. The van der Waals surface area contributed by atoms with Crippen molar-refractivity contribution in [3.8, 4) is 0 Å². The molecule has 7 nitrogen and oxygen atoms in total. The van der Waals surface area contributed by atoms with Crippen LogP contribution >= 0.6 is 0 Å². The molecule has 0 saturated heterocycles. The molecule has 0 unspecified atom stereocenters. The number of benzene rings is 4. The van der Waals surface area contributed by atoms with E-state index in [1.807, 2.05) is 38.1 Å². The summed E-state index contributed by atoms with van der Waals surface area (Å²) in [4.78, 5) is 5.24. The van der Waals surface area contributed by atoms with E-state index in [2.05, 4.69) is 11.6 Å². The SMILES string of the molecule is CCCCCCN(c1ccc2cc3ccc(NS(=O)(=O)c4ccc(C)cc4)cc3nc2c1)S(=O)(=O)c1ccc(C)cc1. The van der Waals surface area contributed by atoms with Gasteiger partial charge in [-0.1, -0.05) is 73.7 Å². The lowest BCUT2D eigenvalue weighted by atomic mass is 10.1. The molecule has 0 bridgehead atoms. The molecule has 1 N–H and O–H groups in total. The highest BCUT2D eigenvalue weighted by molar-refractivity contribution is 7.93. The second-order valence-electron chi connectivity index (χ2n) is 10.6. The van der Waals surface area contributed by atoms with Crippen LogP contribution in [0.2, 0.25) is 0 Å². The van der Waals surface area contributed by atoms with E-state index in [0.29, 0.717) is 29.0 Å². The Morgan fingerprint density at radius 1 is 0.667 bits per heavy atom. The summed E-state index contributed by atoms with van der Waals surface area (Å²) in [6.45, 7) is 6.31. The van der Waals surface area contributed by atoms with E-state index < -0.39 is 20.0 Å². The summed E-state index contributed by atoms with van der Waals surface area (Å²) < 4.78 is 57.6. The summed E-state index contributed by atoms with van der Waals surface area (Å²) in [5, 5.41) is 1.70. The standard InChI is InChI=1S/C33H35N3O4S2/c1-4-5-6-7-20-36(42(39,40)31-18-10-25(3)11-19-31)29-15-13-27-21-26-12-14-28(22-32(26)34-33(27)23-29)35-41(37,38)30-16-8-24(2)9-17-30/h8-19,21-23,35H,4-7,20H2,1-3H3. The maximum Gasteiger partial charge on any atom is 0.264 e. The Morgan fingerprint density at radius 3 is 1.90 bits per heavy atom. The van der Waals surface area contributed by atoms with Crippen molar-refractivity contribution < 1.29 is 16.8 Å². The lowest BCUT2D eigenvalue weighted by Crippen LogP contribution is -2.32. The molecule has 4 aromatic carbocycles. The Balaban J connectivity index is 1.51. The third-order valence-electron chi connectivity index (χ3n) is 7.29. The van der Waals surface area contributed by atoms with Crippen LogP contribution < -0.4 is 9.03 Å². The topological polar surface area (TPSA) is 96.4 Å². The zero-order valence-electron chi connectivity index (χ0n) is 24.0. The number of hydrogen-bond donors (Lipinski definition) is 1. The van der Waals surface area contributed by atoms with Gasteiger partial charge >= 0.3 is 0 Å². The number of aromatic nitrogens is 1. The molecule has 0 aliphatic heterocycles. The van der Waals surface area contributed by atoms with Crippen LogP contribution in [-0.4, -0.2) is 28.4 Å². The number of aryl methyl sites for hydroxylation is 2. The molecule has 5 rings (SSSR count). The highest BCUT2D eigenvalue weighted by Gasteiger charge is 2.25. The van der Waals surface area contributed by atoms with Gasteiger partial charge in [-0.25, -0.2) is 21.8 Å². The third kappa shape index (κ3) is 6.42. The first-order valence-corrected chi connectivity index (χ1v) is 17.0. The first kappa shape index (κ1) is 29.5. The van der Waals surface area contributed by atoms with Crippen molar-refractivity contribution in [2.24, 2.45) is 0 Å². The number of pyridine rings is 1. The first-order valence-electron chi connectivity index (χ1n) is 14.1. The van der Waals surface area contributed by atoms with Crippen LogP contribution in [0.5, 0.6) is 0 Å². The van der Waals surface area contributed by atoms with Gasteiger partial charge in [-0.05, 0) is 74.9 Å². The Kier molecular flexibility index (Phi) is 8.52. The first-order chi connectivity index (χ1) is 20.1. The van der Waals surface area contributed by atoms with E-state index in [9.17, 15) is 16.8 Å². The van der Waals surface area contributed by atoms with Crippen molar-refractivity contribution >= 4 is 53.2 Å². The van der Waals surface area contributed by atoms with Crippen LogP contribution in [0.4, 0.5) is 11.4 Å². The van der Waals surface area contributed by atoms with E-state index in [-0.39, 0.29) is 9.79 Å². The molecule has 42 heavy (non-hydrogen) atoms. The van der Waals surface area contributed by atoms with Crippen molar-refractivity contribution in [1.82, 2.24) is 4.98 Å². The largest absolute Gasteiger partial charge is 0.280 e. The van der Waals surface area contributed by atoms with Gasteiger partial charge in [0, 0.05) is 17.3 Å². The predicted octanol–water partition coefficient (Wildman–Crippen LogP) is 7.58. The van der Waals surface area contributed by atoms with E-state index in [1.165, 1.54) is 4.31 Å². The Morgan fingerprint density at radius 2 is 1.26 bits per heavy atom. The zero-order chi connectivity index (χ0) is 29.9.